The summed E-state index contributed by atoms with van der Waals surface area (Å²) in [5, 5.41) is 0. The molecule has 4 saturated carbocycles. The summed E-state index contributed by atoms with van der Waals surface area (Å²) >= 11 is 5.69. The molecule has 4 fully saturated rings. The van der Waals surface area contributed by atoms with Crippen LogP contribution in [-0.4, -0.2) is 11.7 Å². The summed E-state index contributed by atoms with van der Waals surface area (Å²) in [5.74, 6) is 4.07. The molecule has 4 bridgehead atoms. The maximum Gasteiger partial charge on any atom is 0.139 e. The van der Waals surface area contributed by atoms with Crippen molar-refractivity contribution in [3.63, 3.8) is 0 Å². The lowest BCUT2D eigenvalue weighted by Crippen LogP contribution is -2.49. The summed E-state index contributed by atoms with van der Waals surface area (Å²) in [6.07, 6.45) is 13.4. The van der Waals surface area contributed by atoms with Crippen molar-refractivity contribution in [3.8, 4) is 0 Å². The fourth-order valence-electron chi connectivity index (χ4n) is 5.45. The SMILES string of the molecule is O=C(CCCCCCCl)C12CC3CC(CC(C3)C1)C2. The van der Waals surface area contributed by atoms with Gasteiger partial charge < -0.3 is 0 Å². The van der Waals surface area contributed by atoms with E-state index in [4.69, 9.17) is 11.6 Å². The number of hydrogen-bond donors (Lipinski definition) is 0. The Morgan fingerprint density at radius 2 is 1.42 bits per heavy atom. The number of rotatable bonds is 7. The molecule has 0 N–H and O–H groups in total. The Labute approximate surface area is 122 Å². The molecule has 4 rings (SSSR count). The maximum atomic E-state index is 12.7. The zero-order chi connectivity index (χ0) is 13.3. The van der Waals surface area contributed by atoms with E-state index in [-0.39, 0.29) is 5.41 Å². The fourth-order valence-corrected chi connectivity index (χ4v) is 5.64. The standard InChI is InChI=1S/C17H27ClO/c18-6-4-2-1-3-5-16(19)17-10-13-7-14(11-17)9-15(8-13)12-17/h13-15H,1-12H2. The highest BCUT2D eigenvalue weighted by Crippen LogP contribution is 2.60. The van der Waals surface area contributed by atoms with Crippen molar-refractivity contribution in [2.45, 2.75) is 70.6 Å². The van der Waals surface area contributed by atoms with Gasteiger partial charge in [-0.15, -0.1) is 11.6 Å². The molecule has 2 heteroatoms. The van der Waals surface area contributed by atoms with Crippen LogP contribution in [-0.2, 0) is 4.79 Å². The molecule has 0 amide bonds. The van der Waals surface area contributed by atoms with Crippen LogP contribution in [0.3, 0.4) is 0 Å². The van der Waals surface area contributed by atoms with E-state index in [1.807, 2.05) is 0 Å². The van der Waals surface area contributed by atoms with Gasteiger partial charge in [-0.25, -0.2) is 0 Å². The third-order valence-electron chi connectivity index (χ3n) is 5.92. The fraction of sp³-hybridized carbons (Fsp3) is 0.941. The molecule has 0 spiro atoms. The molecule has 0 aromatic rings. The number of carbonyl (C=O) groups excluding carboxylic acids is 1. The Kier molecular flexibility index (Phi) is 4.22. The van der Waals surface area contributed by atoms with Gasteiger partial charge >= 0.3 is 0 Å². The van der Waals surface area contributed by atoms with Crippen molar-refractivity contribution >= 4 is 17.4 Å². The number of hydrogen-bond acceptors (Lipinski definition) is 1. The molecule has 0 aromatic carbocycles. The van der Waals surface area contributed by atoms with Gasteiger partial charge in [0.25, 0.3) is 0 Å². The molecule has 0 atom stereocenters. The molecule has 4 aliphatic carbocycles. The van der Waals surface area contributed by atoms with Gasteiger partial charge in [-0.1, -0.05) is 12.8 Å². The zero-order valence-electron chi connectivity index (χ0n) is 12.0. The summed E-state index contributed by atoms with van der Waals surface area (Å²) in [6.45, 7) is 0. The Morgan fingerprint density at radius 3 is 1.95 bits per heavy atom. The van der Waals surface area contributed by atoms with Crippen molar-refractivity contribution < 1.29 is 4.79 Å². The molecule has 0 radical (unpaired) electrons. The first-order valence-corrected chi connectivity index (χ1v) is 8.84. The molecule has 0 aromatic heterocycles. The maximum absolute atomic E-state index is 12.7. The van der Waals surface area contributed by atoms with Crippen molar-refractivity contribution in [2.75, 3.05) is 5.88 Å². The molecule has 0 aliphatic heterocycles. The zero-order valence-corrected chi connectivity index (χ0v) is 12.8. The van der Waals surface area contributed by atoms with Crippen LogP contribution in [0.25, 0.3) is 0 Å². The van der Waals surface area contributed by atoms with Gasteiger partial charge in [0.15, 0.2) is 0 Å². The van der Waals surface area contributed by atoms with Crippen LogP contribution < -0.4 is 0 Å². The largest absolute Gasteiger partial charge is 0.299 e. The first-order chi connectivity index (χ1) is 9.22. The minimum atomic E-state index is 0.140. The van der Waals surface area contributed by atoms with E-state index in [1.165, 1.54) is 51.4 Å². The van der Waals surface area contributed by atoms with Crippen LogP contribution in [0, 0.1) is 23.2 Å². The van der Waals surface area contributed by atoms with Crippen LogP contribution in [0.5, 0.6) is 0 Å². The number of Topliss-reactive ketones (excluding diaryl/α,β-unsaturated/α-hetero) is 1. The topological polar surface area (TPSA) is 17.1 Å². The molecular formula is C17H27ClO. The predicted octanol–water partition coefficient (Wildman–Crippen LogP) is 4.96. The number of carbonyl (C=O) groups is 1. The highest BCUT2D eigenvalue weighted by molar-refractivity contribution is 6.17. The third-order valence-corrected chi connectivity index (χ3v) is 6.18. The second-order valence-electron chi connectivity index (χ2n) is 7.47. The lowest BCUT2D eigenvalue weighted by Gasteiger charge is -2.56. The quantitative estimate of drug-likeness (QED) is 0.476. The van der Waals surface area contributed by atoms with E-state index in [0.29, 0.717) is 5.78 Å². The highest BCUT2D eigenvalue weighted by atomic mass is 35.5. The van der Waals surface area contributed by atoms with E-state index in [9.17, 15) is 4.79 Å². The lowest BCUT2D eigenvalue weighted by atomic mass is 9.48. The molecule has 4 aliphatic rings. The van der Waals surface area contributed by atoms with Crippen molar-refractivity contribution in [2.24, 2.45) is 23.2 Å². The van der Waals surface area contributed by atoms with Crippen LogP contribution in [0.4, 0.5) is 0 Å². The monoisotopic (exact) mass is 282 g/mol. The van der Waals surface area contributed by atoms with Gasteiger partial charge in [0.1, 0.15) is 5.78 Å². The van der Waals surface area contributed by atoms with Crippen molar-refractivity contribution in [1.29, 1.82) is 0 Å². The molecule has 0 heterocycles. The first kappa shape index (κ1) is 13.9. The van der Waals surface area contributed by atoms with Gasteiger partial charge in [-0.2, -0.15) is 0 Å². The predicted molar refractivity (Wildman–Crippen MR) is 79.4 cm³/mol. The van der Waals surface area contributed by atoms with Crippen LogP contribution >= 0.6 is 11.6 Å². The number of unbranched alkanes of at least 4 members (excludes halogenated alkanes) is 3. The number of halogens is 1. The molecule has 0 saturated heterocycles. The molecule has 1 nitrogen and oxygen atoms in total. The van der Waals surface area contributed by atoms with Gasteiger partial charge in [0.05, 0.1) is 0 Å². The van der Waals surface area contributed by atoms with E-state index in [2.05, 4.69) is 0 Å². The van der Waals surface area contributed by atoms with Crippen molar-refractivity contribution in [1.82, 2.24) is 0 Å². The van der Waals surface area contributed by atoms with E-state index < -0.39 is 0 Å². The van der Waals surface area contributed by atoms with Crippen molar-refractivity contribution in [3.05, 3.63) is 0 Å². The van der Waals surface area contributed by atoms with Crippen LogP contribution in [0.1, 0.15) is 70.6 Å². The van der Waals surface area contributed by atoms with E-state index in [1.54, 1.807) is 0 Å². The molecule has 19 heavy (non-hydrogen) atoms. The summed E-state index contributed by atoms with van der Waals surface area (Å²) in [7, 11) is 0. The minimum Gasteiger partial charge on any atom is -0.299 e. The van der Waals surface area contributed by atoms with E-state index in [0.717, 1.165) is 42.9 Å². The van der Waals surface area contributed by atoms with Gasteiger partial charge in [-0.05, 0) is 69.1 Å². The number of alkyl halides is 1. The first-order valence-electron chi connectivity index (χ1n) is 8.31. The molecule has 108 valence electrons. The molecule has 0 unspecified atom stereocenters. The van der Waals surface area contributed by atoms with Gasteiger partial charge in [0, 0.05) is 17.7 Å². The summed E-state index contributed by atoms with van der Waals surface area (Å²) < 4.78 is 0. The highest BCUT2D eigenvalue weighted by Gasteiger charge is 2.53. The van der Waals surface area contributed by atoms with Crippen LogP contribution in [0.2, 0.25) is 0 Å². The Morgan fingerprint density at radius 1 is 0.895 bits per heavy atom. The Hall–Kier alpha value is -0.0400. The second-order valence-corrected chi connectivity index (χ2v) is 7.85. The normalized spacial score (nSPS) is 39.7. The number of ketones is 1. The average molecular weight is 283 g/mol. The summed E-state index contributed by atoms with van der Waals surface area (Å²) in [6, 6.07) is 0. The smallest absolute Gasteiger partial charge is 0.139 e. The Bertz CT molecular complexity index is 301. The Balaban J connectivity index is 1.52. The van der Waals surface area contributed by atoms with Gasteiger partial charge in [0.2, 0.25) is 0 Å². The second kappa shape index (κ2) is 5.76. The average Bonchev–Trinajstić information content (AvgIpc) is 2.36. The minimum absolute atomic E-state index is 0.140. The molecular weight excluding hydrogens is 256 g/mol. The summed E-state index contributed by atoms with van der Waals surface area (Å²) in [5.41, 5.74) is 0.140. The van der Waals surface area contributed by atoms with E-state index >= 15 is 0 Å². The lowest BCUT2D eigenvalue weighted by molar-refractivity contribution is -0.144. The summed E-state index contributed by atoms with van der Waals surface area (Å²) in [4.78, 5) is 12.7. The van der Waals surface area contributed by atoms with Gasteiger partial charge in [-0.3, -0.25) is 4.79 Å². The third kappa shape index (κ3) is 2.86. The van der Waals surface area contributed by atoms with Crippen LogP contribution in [0.15, 0.2) is 0 Å².